The summed E-state index contributed by atoms with van der Waals surface area (Å²) >= 11 is 3.16. The first-order chi connectivity index (χ1) is 10.6. The standard InChI is InChI=1S/C16H17N3OS2/c1-11-8-15(22-10-11)16(20)17-5-6-19-12(2)9-13(18-19)14-4-3-7-21-14/h3-4,7-10H,5-6H2,1-2H3,(H,17,20). The highest BCUT2D eigenvalue weighted by Gasteiger charge is 2.09. The second-order valence-electron chi connectivity index (χ2n) is 5.12. The normalized spacial score (nSPS) is 10.8. The number of hydrogen-bond acceptors (Lipinski definition) is 4. The van der Waals surface area contributed by atoms with Gasteiger partial charge in [0.1, 0.15) is 5.69 Å². The molecule has 114 valence electrons. The predicted octanol–water partition coefficient (Wildman–Crippen LogP) is 3.72. The third-order valence-corrected chi connectivity index (χ3v) is 5.26. The summed E-state index contributed by atoms with van der Waals surface area (Å²) in [5.41, 5.74) is 3.22. The zero-order valence-corrected chi connectivity index (χ0v) is 14.1. The van der Waals surface area contributed by atoms with E-state index in [1.807, 2.05) is 41.4 Å². The summed E-state index contributed by atoms with van der Waals surface area (Å²) in [4.78, 5) is 13.9. The average molecular weight is 331 g/mol. The molecule has 1 N–H and O–H groups in total. The maximum absolute atomic E-state index is 12.0. The van der Waals surface area contributed by atoms with Crippen LogP contribution in [0.25, 0.3) is 10.6 Å². The van der Waals surface area contributed by atoms with Crippen LogP contribution in [0.3, 0.4) is 0 Å². The van der Waals surface area contributed by atoms with Gasteiger partial charge in [0.25, 0.3) is 5.91 Å². The molecule has 3 heterocycles. The Morgan fingerprint density at radius 2 is 2.18 bits per heavy atom. The van der Waals surface area contributed by atoms with Gasteiger partial charge in [0.15, 0.2) is 0 Å². The van der Waals surface area contributed by atoms with Crippen molar-refractivity contribution in [2.24, 2.45) is 0 Å². The van der Waals surface area contributed by atoms with E-state index in [-0.39, 0.29) is 5.91 Å². The van der Waals surface area contributed by atoms with E-state index in [1.54, 1.807) is 11.3 Å². The van der Waals surface area contributed by atoms with Crippen molar-refractivity contribution in [3.05, 3.63) is 51.2 Å². The Morgan fingerprint density at radius 3 is 2.86 bits per heavy atom. The lowest BCUT2D eigenvalue weighted by molar-refractivity contribution is 0.0956. The van der Waals surface area contributed by atoms with Gasteiger partial charge in [-0.3, -0.25) is 9.48 Å². The summed E-state index contributed by atoms with van der Waals surface area (Å²) in [6, 6.07) is 8.08. The number of carbonyl (C=O) groups is 1. The SMILES string of the molecule is Cc1csc(C(=O)NCCn2nc(-c3cccs3)cc2C)c1. The lowest BCUT2D eigenvalue weighted by Gasteiger charge is -2.05. The third kappa shape index (κ3) is 3.28. The van der Waals surface area contributed by atoms with Crippen molar-refractivity contribution >= 4 is 28.6 Å². The van der Waals surface area contributed by atoms with Gasteiger partial charge in [-0.25, -0.2) is 0 Å². The van der Waals surface area contributed by atoms with E-state index < -0.39 is 0 Å². The van der Waals surface area contributed by atoms with Gasteiger partial charge in [0.2, 0.25) is 0 Å². The monoisotopic (exact) mass is 331 g/mol. The van der Waals surface area contributed by atoms with Gasteiger partial charge in [0, 0.05) is 12.2 Å². The molecule has 0 fully saturated rings. The van der Waals surface area contributed by atoms with Crippen molar-refractivity contribution in [2.45, 2.75) is 20.4 Å². The molecule has 0 saturated carbocycles. The van der Waals surface area contributed by atoms with Crippen LogP contribution in [0.15, 0.2) is 35.0 Å². The maximum atomic E-state index is 12.0. The van der Waals surface area contributed by atoms with Crippen LogP contribution < -0.4 is 5.32 Å². The Labute approximate surface area is 137 Å². The quantitative estimate of drug-likeness (QED) is 0.774. The van der Waals surface area contributed by atoms with E-state index in [4.69, 9.17) is 0 Å². The van der Waals surface area contributed by atoms with Crippen LogP contribution in [0.2, 0.25) is 0 Å². The highest BCUT2D eigenvalue weighted by atomic mass is 32.1. The van der Waals surface area contributed by atoms with E-state index >= 15 is 0 Å². The Bertz CT molecular complexity index is 771. The molecule has 6 heteroatoms. The van der Waals surface area contributed by atoms with Crippen LogP contribution in [-0.4, -0.2) is 22.2 Å². The Morgan fingerprint density at radius 1 is 1.32 bits per heavy atom. The van der Waals surface area contributed by atoms with Gasteiger partial charge in [-0.05, 0) is 48.4 Å². The fourth-order valence-corrected chi connectivity index (χ4v) is 3.69. The van der Waals surface area contributed by atoms with Crippen molar-refractivity contribution in [1.29, 1.82) is 0 Å². The van der Waals surface area contributed by atoms with Crippen LogP contribution in [-0.2, 0) is 6.54 Å². The number of aromatic nitrogens is 2. The summed E-state index contributed by atoms with van der Waals surface area (Å²) in [6.45, 7) is 5.27. The molecule has 0 aliphatic heterocycles. The molecule has 4 nitrogen and oxygen atoms in total. The topological polar surface area (TPSA) is 46.9 Å². The number of nitrogens with zero attached hydrogens (tertiary/aromatic N) is 2. The van der Waals surface area contributed by atoms with Gasteiger partial charge >= 0.3 is 0 Å². The first kappa shape index (κ1) is 15.0. The van der Waals surface area contributed by atoms with Gasteiger partial charge < -0.3 is 5.32 Å². The summed E-state index contributed by atoms with van der Waals surface area (Å²) in [5, 5.41) is 11.6. The van der Waals surface area contributed by atoms with Gasteiger partial charge in [-0.1, -0.05) is 6.07 Å². The molecule has 0 aliphatic carbocycles. The minimum absolute atomic E-state index is 0.0126. The summed E-state index contributed by atoms with van der Waals surface area (Å²) in [5.74, 6) is -0.0126. The van der Waals surface area contributed by atoms with Crippen molar-refractivity contribution in [1.82, 2.24) is 15.1 Å². The third-order valence-electron chi connectivity index (χ3n) is 3.32. The number of aryl methyl sites for hydroxylation is 2. The van der Waals surface area contributed by atoms with Crippen molar-refractivity contribution < 1.29 is 4.79 Å². The molecule has 0 bridgehead atoms. The molecule has 3 aromatic rings. The number of hydrogen-bond donors (Lipinski definition) is 1. The van der Waals surface area contributed by atoms with Crippen molar-refractivity contribution in [3.63, 3.8) is 0 Å². The Balaban J connectivity index is 1.59. The number of carbonyl (C=O) groups excluding carboxylic acids is 1. The second-order valence-corrected chi connectivity index (χ2v) is 6.97. The highest BCUT2D eigenvalue weighted by Crippen LogP contribution is 2.23. The molecule has 0 aromatic carbocycles. The molecule has 0 saturated heterocycles. The molecule has 0 aliphatic rings. The molecule has 0 spiro atoms. The summed E-state index contributed by atoms with van der Waals surface area (Å²) < 4.78 is 1.94. The summed E-state index contributed by atoms with van der Waals surface area (Å²) in [7, 11) is 0. The van der Waals surface area contributed by atoms with E-state index in [0.717, 1.165) is 21.8 Å². The fraction of sp³-hybridized carbons (Fsp3) is 0.250. The van der Waals surface area contributed by atoms with Crippen LogP contribution in [0.5, 0.6) is 0 Å². The number of rotatable bonds is 5. The molecule has 0 atom stereocenters. The van der Waals surface area contributed by atoms with Crippen LogP contribution >= 0.6 is 22.7 Å². The highest BCUT2D eigenvalue weighted by molar-refractivity contribution is 7.13. The van der Waals surface area contributed by atoms with E-state index in [0.29, 0.717) is 13.1 Å². The van der Waals surface area contributed by atoms with Crippen LogP contribution in [0, 0.1) is 13.8 Å². The van der Waals surface area contributed by atoms with Gasteiger partial charge in [-0.2, -0.15) is 5.10 Å². The molecule has 22 heavy (non-hydrogen) atoms. The molecular weight excluding hydrogens is 314 g/mol. The van der Waals surface area contributed by atoms with E-state index in [9.17, 15) is 4.79 Å². The van der Waals surface area contributed by atoms with Crippen LogP contribution in [0.1, 0.15) is 20.9 Å². The average Bonchev–Trinajstić information content (AvgIpc) is 3.20. The van der Waals surface area contributed by atoms with E-state index in [1.165, 1.54) is 16.2 Å². The van der Waals surface area contributed by atoms with Crippen molar-refractivity contribution in [2.75, 3.05) is 6.54 Å². The number of amides is 1. The smallest absolute Gasteiger partial charge is 0.261 e. The minimum Gasteiger partial charge on any atom is -0.349 e. The van der Waals surface area contributed by atoms with Gasteiger partial charge in [-0.15, -0.1) is 22.7 Å². The van der Waals surface area contributed by atoms with Crippen LogP contribution in [0.4, 0.5) is 0 Å². The Hall–Kier alpha value is -1.92. The maximum Gasteiger partial charge on any atom is 0.261 e. The first-order valence-corrected chi connectivity index (χ1v) is 8.81. The molecule has 3 rings (SSSR count). The summed E-state index contributed by atoms with van der Waals surface area (Å²) in [6.07, 6.45) is 0. The lowest BCUT2D eigenvalue weighted by atomic mass is 10.3. The zero-order chi connectivity index (χ0) is 15.5. The predicted molar refractivity (Wildman–Crippen MR) is 91.7 cm³/mol. The molecular formula is C16H17N3OS2. The lowest BCUT2D eigenvalue weighted by Crippen LogP contribution is -2.27. The minimum atomic E-state index is -0.0126. The molecule has 1 amide bonds. The first-order valence-electron chi connectivity index (χ1n) is 7.05. The zero-order valence-electron chi connectivity index (χ0n) is 12.5. The number of nitrogens with one attached hydrogen (secondary N) is 1. The molecule has 0 unspecified atom stereocenters. The molecule has 3 aromatic heterocycles. The second kappa shape index (κ2) is 6.46. The number of thiophene rings is 2. The van der Waals surface area contributed by atoms with Crippen molar-refractivity contribution in [3.8, 4) is 10.6 Å². The van der Waals surface area contributed by atoms with Gasteiger partial charge in [0.05, 0.1) is 16.3 Å². The largest absolute Gasteiger partial charge is 0.349 e. The Kier molecular flexibility index (Phi) is 4.40. The fourth-order valence-electron chi connectivity index (χ4n) is 2.19. The molecule has 0 radical (unpaired) electrons. The van der Waals surface area contributed by atoms with E-state index in [2.05, 4.69) is 22.5 Å².